The number of fused-ring (bicyclic) bond motifs is 4. The van der Waals surface area contributed by atoms with Crippen molar-refractivity contribution >= 4 is 11.6 Å². The fraction of sp³-hybridized carbons (Fsp3) is 0.550. The Morgan fingerprint density at radius 2 is 2.07 bits per heavy atom. The summed E-state index contributed by atoms with van der Waals surface area (Å²) in [4.78, 5) is 27.0. The first-order valence-electron chi connectivity index (χ1n) is 9.72. The van der Waals surface area contributed by atoms with Gasteiger partial charge in [-0.15, -0.1) is 0 Å². The van der Waals surface area contributed by atoms with Gasteiger partial charge in [0.05, 0.1) is 23.6 Å². The quantitative estimate of drug-likeness (QED) is 0.891. The summed E-state index contributed by atoms with van der Waals surface area (Å²) < 4.78 is 3.83. The minimum atomic E-state index is 0.00211. The van der Waals surface area contributed by atoms with Gasteiger partial charge in [0.25, 0.3) is 5.56 Å². The minimum absolute atomic E-state index is 0.00211. The molecular weight excluding hydrogens is 342 g/mol. The molecule has 1 fully saturated rings. The average molecular weight is 369 g/mol. The number of amides is 1. The lowest BCUT2D eigenvalue weighted by atomic mass is 9.83. The number of likely N-dealkylation sites (tertiary alicyclic amines) is 1. The first-order valence-corrected chi connectivity index (χ1v) is 9.72. The normalized spacial score (nSPS) is 21.7. The van der Waals surface area contributed by atoms with Crippen LogP contribution in [0.4, 0.5) is 5.69 Å². The molecule has 7 heteroatoms. The fourth-order valence-corrected chi connectivity index (χ4v) is 4.69. The molecule has 2 aliphatic heterocycles. The summed E-state index contributed by atoms with van der Waals surface area (Å²) in [6.45, 7) is 9.55. The van der Waals surface area contributed by atoms with E-state index in [0.29, 0.717) is 18.4 Å². The van der Waals surface area contributed by atoms with E-state index in [4.69, 9.17) is 0 Å². The third-order valence-corrected chi connectivity index (χ3v) is 5.87. The summed E-state index contributed by atoms with van der Waals surface area (Å²) in [5.41, 5.74) is 3.88. The van der Waals surface area contributed by atoms with Gasteiger partial charge < -0.3 is 9.88 Å². The highest BCUT2D eigenvalue weighted by atomic mass is 16.2. The van der Waals surface area contributed by atoms with E-state index in [1.807, 2.05) is 36.1 Å². The number of nitrogens with one attached hydrogen (secondary N) is 1. The highest BCUT2D eigenvalue weighted by Crippen LogP contribution is 2.34. The number of carbonyl (C=O) groups is 1. The fourth-order valence-electron chi connectivity index (χ4n) is 4.69. The summed E-state index contributed by atoms with van der Waals surface area (Å²) in [5.74, 6) is 0.753. The molecule has 7 nitrogen and oxygen atoms in total. The molecule has 4 heterocycles. The first-order chi connectivity index (χ1) is 13.0. The molecule has 27 heavy (non-hydrogen) atoms. The number of pyridine rings is 1. The van der Waals surface area contributed by atoms with Crippen LogP contribution in [0.3, 0.4) is 0 Å². The molecule has 2 aromatic heterocycles. The number of hydrogen-bond acceptors (Lipinski definition) is 4. The topological polar surface area (TPSA) is 72.2 Å². The standard InChI is InChI=1S/C20H27N5O2/c1-4-25-14(3)20(13(2)22-25)21-18(26)12-23-9-15-8-16(11-23)17-6-5-7-19(27)24(17)10-15/h5-7,15-16H,4,8-12H2,1-3H3,(H,21,26)/t15-,16+/m0/s1. The smallest absolute Gasteiger partial charge is 0.250 e. The first kappa shape index (κ1) is 18.0. The van der Waals surface area contributed by atoms with Crippen molar-refractivity contribution in [2.45, 2.75) is 46.2 Å². The van der Waals surface area contributed by atoms with Crippen LogP contribution in [0.25, 0.3) is 0 Å². The van der Waals surface area contributed by atoms with Crippen molar-refractivity contribution in [1.82, 2.24) is 19.2 Å². The Morgan fingerprint density at radius 3 is 2.81 bits per heavy atom. The van der Waals surface area contributed by atoms with Crippen LogP contribution in [0.1, 0.15) is 36.3 Å². The van der Waals surface area contributed by atoms with Crippen LogP contribution in [-0.2, 0) is 17.9 Å². The summed E-state index contributed by atoms with van der Waals surface area (Å²) in [5, 5.41) is 7.52. The average Bonchev–Trinajstić information content (AvgIpc) is 2.90. The molecule has 2 aliphatic rings. The Kier molecular flexibility index (Phi) is 4.63. The zero-order chi connectivity index (χ0) is 19.1. The largest absolute Gasteiger partial charge is 0.322 e. The van der Waals surface area contributed by atoms with Crippen LogP contribution in [0.2, 0.25) is 0 Å². The van der Waals surface area contributed by atoms with E-state index in [1.165, 1.54) is 0 Å². The molecule has 0 spiro atoms. The second kappa shape index (κ2) is 6.96. The monoisotopic (exact) mass is 369 g/mol. The number of piperidine rings is 1. The predicted octanol–water partition coefficient (Wildman–Crippen LogP) is 1.74. The van der Waals surface area contributed by atoms with Gasteiger partial charge in [-0.1, -0.05) is 6.07 Å². The minimum Gasteiger partial charge on any atom is -0.322 e. The Hall–Kier alpha value is -2.41. The van der Waals surface area contributed by atoms with Crippen LogP contribution in [0.15, 0.2) is 23.0 Å². The molecule has 2 atom stereocenters. The molecule has 0 saturated carbocycles. The van der Waals surface area contributed by atoms with E-state index < -0.39 is 0 Å². The lowest BCUT2D eigenvalue weighted by molar-refractivity contribution is -0.118. The number of carbonyl (C=O) groups excluding carboxylic acids is 1. The molecule has 1 amide bonds. The number of aromatic nitrogens is 3. The van der Waals surface area contributed by atoms with Gasteiger partial charge in [0.15, 0.2) is 0 Å². The lowest BCUT2D eigenvalue weighted by Crippen LogP contribution is -2.49. The third-order valence-electron chi connectivity index (χ3n) is 5.87. The number of rotatable bonds is 4. The second-order valence-corrected chi connectivity index (χ2v) is 7.80. The van der Waals surface area contributed by atoms with Crippen LogP contribution in [0.5, 0.6) is 0 Å². The van der Waals surface area contributed by atoms with Crippen LogP contribution in [-0.4, -0.2) is 44.8 Å². The highest BCUT2D eigenvalue weighted by Gasteiger charge is 2.35. The summed E-state index contributed by atoms with van der Waals surface area (Å²) >= 11 is 0. The zero-order valence-electron chi connectivity index (χ0n) is 16.2. The van der Waals surface area contributed by atoms with E-state index in [9.17, 15) is 9.59 Å². The van der Waals surface area contributed by atoms with Crippen molar-refractivity contribution in [1.29, 1.82) is 0 Å². The number of hydrogen-bond donors (Lipinski definition) is 1. The van der Waals surface area contributed by atoms with E-state index in [0.717, 1.165) is 55.4 Å². The summed E-state index contributed by atoms with van der Waals surface area (Å²) in [6, 6.07) is 5.53. The van der Waals surface area contributed by atoms with E-state index in [1.54, 1.807) is 6.07 Å². The molecule has 2 bridgehead atoms. The highest BCUT2D eigenvalue weighted by molar-refractivity contribution is 5.93. The molecule has 144 valence electrons. The van der Waals surface area contributed by atoms with Gasteiger partial charge in [0, 0.05) is 43.9 Å². The van der Waals surface area contributed by atoms with Crippen molar-refractivity contribution in [2.24, 2.45) is 5.92 Å². The van der Waals surface area contributed by atoms with Crippen molar-refractivity contribution in [3.05, 3.63) is 45.6 Å². The van der Waals surface area contributed by atoms with E-state index in [2.05, 4.69) is 21.4 Å². The maximum atomic E-state index is 12.7. The lowest BCUT2D eigenvalue weighted by Gasteiger charge is -2.42. The maximum absolute atomic E-state index is 12.7. The molecule has 4 rings (SSSR count). The van der Waals surface area contributed by atoms with Crippen LogP contribution < -0.4 is 10.9 Å². The van der Waals surface area contributed by atoms with Crippen molar-refractivity contribution < 1.29 is 4.79 Å². The molecule has 0 unspecified atom stereocenters. The van der Waals surface area contributed by atoms with Gasteiger partial charge in [0.2, 0.25) is 5.91 Å². The molecule has 1 N–H and O–H groups in total. The molecule has 2 aromatic rings. The molecule has 0 radical (unpaired) electrons. The van der Waals surface area contributed by atoms with Gasteiger partial charge in [0.1, 0.15) is 0 Å². The Bertz CT molecular complexity index is 929. The van der Waals surface area contributed by atoms with E-state index >= 15 is 0 Å². The molecule has 1 saturated heterocycles. The van der Waals surface area contributed by atoms with Crippen molar-refractivity contribution in [2.75, 3.05) is 25.0 Å². The summed E-state index contributed by atoms with van der Waals surface area (Å²) in [7, 11) is 0. The van der Waals surface area contributed by atoms with Crippen molar-refractivity contribution in [3.63, 3.8) is 0 Å². The van der Waals surface area contributed by atoms with Crippen LogP contribution >= 0.6 is 0 Å². The van der Waals surface area contributed by atoms with Gasteiger partial charge in [-0.3, -0.25) is 19.2 Å². The Balaban J connectivity index is 1.45. The van der Waals surface area contributed by atoms with Crippen LogP contribution in [0, 0.1) is 19.8 Å². The van der Waals surface area contributed by atoms with Gasteiger partial charge in [-0.2, -0.15) is 5.10 Å². The maximum Gasteiger partial charge on any atom is 0.250 e. The van der Waals surface area contributed by atoms with Gasteiger partial charge in [-0.25, -0.2) is 0 Å². The summed E-state index contributed by atoms with van der Waals surface area (Å²) in [6.07, 6.45) is 1.10. The predicted molar refractivity (Wildman–Crippen MR) is 104 cm³/mol. The van der Waals surface area contributed by atoms with Gasteiger partial charge >= 0.3 is 0 Å². The molecule has 0 aromatic carbocycles. The second-order valence-electron chi connectivity index (χ2n) is 7.80. The molecule has 0 aliphatic carbocycles. The van der Waals surface area contributed by atoms with Gasteiger partial charge in [-0.05, 0) is 39.2 Å². The van der Waals surface area contributed by atoms with Crippen molar-refractivity contribution in [3.8, 4) is 0 Å². The molecular formula is C20H27N5O2. The number of aryl methyl sites for hydroxylation is 2. The number of nitrogens with zero attached hydrogens (tertiary/aromatic N) is 4. The SMILES string of the molecule is CCn1nc(C)c(NC(=O)CN2C[C@@H]3C[C@H](C2)c2cccc(=O)n2C3)c1C. The Morgan fingerprint density at radius 1 is 1.26 bits per heavy atom. The third kappa shape index (κ3) is 3.32. The zero-order valence-corrected chi connectivity index (χ0v) is 16.2. The van der Waals surface area contributed by atoms with E-state index in [-0.39, 0.29) is 11.5 Å². The number of anilines is 1. The Labute approximate surface area is 159 Å².